The van der Waals surface area contributed by atoms with E-state index in [2.05, 4.69) is 9.97 Å². The Morgan fingerprint density at radius 3 is 2.77 bits per heavy atom. The summed E-state index contributed by atoms with van der Waals surface area (Å²) < 4.78 is 5.19. The molecule has 0 saturated carbocycles. The molecular formula is C17H19N3O2. The molecule has 1 aliphatic rings. The van der Waals surface area contributed by atoms with Crippen molar-refractivity contribution in [2.45, 2.75) is 25.8 Å². The number of carbonyl (C=O) groups excluding carboxylic acids is 1. The highest BCUT2D eigenvalue weighted by atomic mass is 16.5. The first-order valence-corrected chi connectivity index (χ1v) is 7.42. The number of aromatic nitrogens is 2. The van der Waals surface area contributed by atoms with Gasteiger partial charge in [-0.25, -0.2) is 9.97 Å². The minimum atomic E-state index is 0.0106. The fraction of sp³-hybridized carbons (Fsp3) is 0.353. The van der Waals surface area contributed by atoms with E-state index in [4.69, 9.17) is 4.74 Å². The lowest BCUT2D eigenvalue weighted by molar-refractivity contribution is 0.0734. The van der Waals surface area contributed by atoms with E-state index in [-0.39, 0.29) is 11.9 Å². The number of benzene rings is 1. The Balaban J connectivity index is 1.86. The normalized spacial score (nSPS) is 17.5. The molecule has 0 radical (unpaired) electrons. The standard InChI is InChI=1S/C17H19N3O2/c1-12-15(10-18-11-19-12)17(21)20-9-3-4-16(20)13-5-7-14(22-2)8-6-13/h5-8,10-11,16H,3-4,9H2,1-2H3. The molecule has 1 unspecified atom stereocenters. The number of hydrogen-bond donors (Lipinski definition) is 0. The van der Waals surface area contributed by atoms with Gasteiger partial charge in [0.05, 0.1) is 24.4 Å². The van der Waals surface area contributed by atoms with E-state index < -0.39 is 0 Å². The molecule has 3 rings (SSSR count). The van der Waals surface area contributed by atoms with Crippen molar-refractivity contribution < 1.29 is 9.53 Å². The van der Waals surface area contributed by atoms with Gasteiger partial charge in [-0.3, -0.25) is 4.79 Å². The maximum atomic E-state index is 12.8. The summed E-state index contributed by atoms with van der Waals surface area (Å²) in [5, 5.41) is 0. The van der Waals surface area contributed by atoms with Crippen LogP contribution in [0.4, 0.5) is 0 Å². The van der Waals surface area contributed by atoms with Gasteiger partial charge in [0.15, 0.2) is 0 Å². The third-order valence-electron chi connectivity index (χ3n) is 4.16. The van der Waals surface area contributed by atoms with Gasteiger partial charge in [0.2, 0.25) is 0 Å². The Kier molecular flexibility index (Phi) is 4.04. The predicted molar refractivity (Wildman–Crippen MR) is 82.8 cm³/mol. The number of methoxy groups -OCH3 is 1. The van der Waals surface area contributed by atoms with Crippen LogP contribution in [0, 0.1) is 6.92 Å². The number of rotatable bonds is 3. The van der Waals surface area contributed by atoms with Gasteiger partial charge in [0.25, 0.3) is 5.91 Å². The molecule has 1 aromatic heterocycles. The predicted octanol–water partition coefficient (Wildman–Crippen LogP) is 2.77. The number of aryl methyl sites for hydroxylation is 1. The molecule has 1 aromatic carbocycles. The van der Waals surface area contributed by atoms with Gasteiger partial charge in [-0.1, -0.05) is 12.1 Å². The number of nitrogens with zero attached hydrogens (tertiary/aromatic N) is 3. The second kappa shape index (κ2) is 6.13. The molecule has 0 bridgehead atoms. The Morgan fingerprint density at radius 2 is 2.09 bits per heavy atom. The van der Waals surface area contributed by atoms with Gasteiger partial charge in [0, 0.05) is 12.7 Å². The third-order valence-corrected chi connectivity index (χ3v) is 4.16. The van der Waals surface area contributed by atoms with Crippen molar-refractivity contribution in [3.8, 4) is 5.75 Å². The van der Waals surface area contributed by atoms with Gasteiger partial charge >= 0.3 is 0 Å². The summed E-state index contributed by atoms with van der Waals surface area (Å²) in [7, 11) is 1.65. The van der Waals surface area contributed by atoms with Gasteiger partial charge in [-0.05, 0) is 37.5 Å². The molecule has 1 amide bonds. The summed E-state index contributed by atoms with van der Waals surface area (Å²) in [4.78, 5) is 22.8. The average Bonchev–Trinajstić information content (AvgIpc) is 3.04. The molecular weight excluding hydrogens is 278 g/mol. The summed E-state index contributed by atoms with van der Waals surface area (Å²) in [6.45, 7) is 2.61. The first-order chi connectivity index (χ1) is 10.7. The summed E-state index contributed by atoms with van der Waals surface area (Å²) in [6, 6.07) is 8.05. The molecule has 1 fully saturated rings. The van der Waals surface area contributed by atoms with Crippen LogP contribution in [0.5, 0.6) is 5.75 Å². The number of ether oxygens (including phenoxy) is 1. The molecule has 1 atom stereocenters. The Morgan fingerprint density at radius 1 is 1.32 bits per heavy atom. The van der Waals surface area contributed by atoms with Crippen LogP contribution in [-0.4, -0.2) is 34.4 Å². The second-order valence-corrected chi connectivity index (χ2v) is 5.45. The first kappa shape index (κ1) is 14.5. The molecule has 5 nitrogen and oxygen atoms in total. The molecule has 2 heterocycles. The third kappa shape index (κ3) is 2.66. The Bertz CT molecular complexity index is 670. The maximum Gasteiger partial charge on any atom is 0.257 e. The van der Waals surface area contributed by atoms with Crippen LogP contribution in [0.2, 0.25) is 0 Å². The van der Waals surface area contributed by atoms with Crippen molar-refractivity contribution in [2.24, 2.45) is 0 Å². The number of likely N-dealkylation sites (tertiary alicyclic amines) is 1. The number of hydrogen-bond acceptors (Lipinski definition) is 4. The topological polar surface area (TPSA) is 55.3 Å². The van der Waals surface area contributed by atoms with E-state index in [1.54, 1.807) is 13.3 Å². The minimum absolute atomic E-state index is 0.0106. The number of amides is 1. The van der Waals surface area contributed by atoms with E-state index in [0.29, 0.717) is 5.56 Å². The quantitative estimate of drug-likeness (QED) is 0.874. The highest BCUT2D eigenvalue weighted by molar-refractivity contribution is 5.95. The Labute approximate surface area is 130 Å². The van der Waals surface area contributed by atoms with Gasteiger partial charge in [0.1, 0.15) is 12.1 Å². The maximum absolute atomic E-state index is 12.8. The molecule has 0 N–H and O–H groups in total. The molecule has 114 valence electrons. The lowest BCUT2D eigenvalue weighted by Crippen LogP contribution is -2.31. The zero-order valence-electron chi connectivity index (χ0n) is 12.8. The molecule has 1 aliphatic heterocycles. The van der Waals surface area contributed by atoms with Crippen molar-refractivity contribution >= 4 is 5.91 Å². The molecule has 0 aliphatic carbocycles. The van der Waals surface area contributed by atoms with E-state index >= 15 is 0 Å². The SMILES string of the molecule is COc1ccc(C2CCCN2C(=O)c2cncnc2C)cc1. The van der Waals surface area contributed by atoms with Crippen molar-refractivity contribution in [2.75, 3.05) is 13.7 Å². The van der Waals surface area contributed by atoms with Crippen molar-refractivity contribution in [3.63, 3.8) is 0 Å². The monoisotopic (exact) mass is 297 g/mol. The van der Waals surface area contributed by atoms with Crippen LogP contribution in [0.3, 0.4) is 0 Å². The fourth-order valence-electron chi connectivity index (χ4n) is 2.94. The molecule has 2 aromatic rings. The van der Waals surface area contributed by atoms with Gasteiger partial charge in [-0.2, -0.15) is 0 Å². The van der Waals surface area contributed by atoms with Gasteiger partial charge < -0.3 is 9.64 Å². The van der Waals surface area contributed by atoms with Crippen molar-refractivity contribution in [3.05, 3.63) is 53.6 Å². The molecule has 5 heteroatoms. The first-order valence-electron chi connectivity index (χ1n) is 7.42. The summed E-state index contributed by atoms with van der Waals surface area (Å²) in [5.74, 6) is 0.836. The molecule has 22 heavy (non-hydrogen) atoms. The zero-order valence-corrected chi connectivity index (χ0v) is 12.8. The summed E-state index contributed by atoms with van der Waals surface area (Å²) >= 11 is 0. The molecule has 0 spiro atoms. The van der Waals surface area contributed by atoms with Crippen molar-refractivity contribution in [1.82, 2.24) is 14.9 Å². The van der Waals surface area contributed by atoms with E-state index in [1.807, 2.05) is 36.1 Å². The summed E-state index contributed by atoms with van der Waals surface area (Å²) in [6.07, 6.45) is 5.06. The lowest BCUT2D eigenvalue weighted by atomic mass is 10.0. The van der Waals surface area contributed by atoms with Crippen LogP contribution < -0.4 is 4.74 Å². The van der Waals surface area contributed by atoms with E-state index in [1.165, 1.54) is 6.33 Å². The van der Waals surface area contributed by atoms with Crippen LogP contribution in [-0.2, 0) is 0 Å². The fourth-order valence-corrected chi connectivity index (χ4v) is 2.94. The smallest absolute Gasteiger partial charge is 0.257 e. The van der Waals surface area contributed by atoms with E-state index in [9.17, 15) is 4.79 Å². The van der Waals surface area contributed by atoms with Crippen LogP contribution in [0.15, 0.2) is 36.8 Å². The highest BCUT2D eigenvalue weighted by Crippen LogP contribution is 2.34. The van der Waals surface area contributed by atoms with Crippen LogP contribution in [0.1, 0.15) is 40.5 Å². The second-order valence-electron chi connectivity index (χ2n) is 5.45. The zero-order chi connectivity index (χ0) is 15.5. The van der Waals surface area contributed by atoms with Crippen molar-refractivity contribution in [1.29, 1.82) is 0 Å². The summed E-state index contributed by atoms with van der Waals surface area (Å²) in [5.41, 5.74) is 2.45. The van der Waals surface area contributed by atoms with Gasteiger partial charge in [-0.15, -0.1) is 0 Å². The molecule has 1 saturated heterocycles. The Hall–Kier alpha value is -2.43. The van der Waals surface area contributed by atoms with Crippen LogP contribution >= 0.6 is 0 Å². The van der Waals surface area contributed by atoms with E-state index in [0.717, 1.165) is 36.4 Å². The number of carbonyl (C=O) groups is 1. The minimum Gasteiger partial charge on any atom is -0.497 e. The van der Waals surface area contributed by atoms with Crippen LogP contribution in [0.25, 0.3) is 0 Å². The lowest BCUT2D eigenvalue weighted by Gasteiger charge is -2.25. The largest absolute Gasteiger partial charge is 0.497 e. The highest BCUT2D eigenvalue weighted by Gasteiger charge is 2.31. The average molecular weight is 297 g/mol.